The van der Waals surface area contributed by atoms with Crippen LogP contribution in [-0.2, 0) is 0 Å². The number of pyridine rings is 2. The van der Waals surface area contributed by atoms with E-state index in [4.69, 9.17) is 5.73 Å². The van der Waals surface area contributed by atoms with E-state index in [0.29, 0.717) is 23.4 Å². The average molecular weight is 364 g/mol. The van der Waals surface area contributed by atoms with Gasteiger partial charge in [-0.3, -0.25) is 9.78 Å². The first-order chi connectivity index (χ1) is 13.0. The van der Waals surface area contributed by atoms with E-state index in [-0.39, 0.29) is 17.5 Å². The lowest BCUT2D eigenvalue weighted by Gasteiger charge is -2.27. The summed E-state index contributed by atoms with van der Waals surface area (Å²) in [7, 11) is 1.71. The number of anilines is 1. The van der Waals surface area contributed by atoms with Crippen molar-refractivity contribution in [3.63, 3.8) is 0 Å². The lowest BCUT2D eigenvalue weighted by Crippen LogP contribution is -2.31. The molecule has 2 heterocycles. The molecule has 27 heavy (non-hydrogen) atoms. The van der Waals surface area contributed by atoms with Crippen LogP contribution >= 0.6 is 0 Å². The van der Waals surface area contributed by atoms with Gasteiger partial charge in [0.05, 0.1) is 11.7 Å². The maximum absolute atomic E-state index is 14.2. The Labute approximate surface area is 157 Å². The van der Waals surface area contributed by atoms with E-state index in [0.717, 1.165) is 5.69 Å². The second-order valence-corrected chi connectivity index (χ2v) is 6.29. The monoisotopic (exact) mass is 364 g/mol. The smallest absolute Gasteiger partial charge is 0.254 e. The minimum Gasteiger partial charge on any atom is -0.384 e. The van der Waals surface area contributed by atoms with Crippen molar-refractivity contribution in [3.05, 3.63) is 78.0 Å². The second-order valence-electron chi connectivity index (χ2n) is 6.29. The number of nitrogens with zero attached hydrogens (tertiary/aromatic N) is 3. The highest BCUT2D eigenvalue weighted by atomic mass is 19.1. The van der Waals surface area contributed by atoms with Gasteiger partial charge in [0.1, 0.15) is 11.6 Å². The molecule has 0 fully saturated rings. The Kier molecular flexibility index (Phi) is 5.45. The molecule has 1 atom stereocenters. The summed E-state index contributed by atoms with van der Waals surface area (Å²) in [6, 6.07) is 13.1. The van der Waals surface area contributed by atoms with E-state index in [2.05, 4.69) is 9.97 Å². The first-order valence-electron chi connectivity index (χ1n) is 8.70. The Balaban J connectivity index is 1.94. The van der Waals surface area contributed by atoms with Crippen molar-refractivity contribution >= 4 is 11.7 Å². The molecular weight excluding hydrogens is 343 g/mol. The SMILES string of the molecule is CCC(c1ccccn1)N(C)C(=O)c1cc(F)cc(-c2ccnc(N)c2)c1. The van der Waals surface area contributed by atoms with Gasteiger partial charge in [-0.15, -0.1) is 0 Å². The normalized spacial score (nSPS) is 11.8. The van der Waals surface area contributed by atoms with Gasteiger partial charge in [-0.25, -0.2) is 9.37 Å². The topological polar surface area (TPSA) is 72.1 Å². The molecule has 0 spiro atoms. The zero-order valence-electron chi connectivity index (χ0n) is 15.3. The fourth-order valence-corrected chi connectivity index (χ4v) is 3.11. The Bertz CT molecular complexity index is 946. The fraction of sp³-hybridized carbons (Fsp3) is 0.190. The zero-order valence-corrected chi connectivity index (χ0v) is 15.3. The molecule has 5 nitrogen and oxygen atoms in total. The Morgan fingerprint density at radius 1 is 1.11 bits per heavy atom. The summed E-state index contributed by atoms with van der Waals surface area (Å²) in [5, 5.41) is 0. The van der Waals surface area contributed by atoms with Gasteiger partial charge in [0.15, 0.2) is 0 Å². The third-order valence-corrected chi connectivity index (χ3v) is 4.46. The van der Waals surface area contributed by atoms with E-state index >= 15 is 0 Å². The van der Waals surface area contributed by atoms with Gasteiger partial charge in [-0.05, 0) is 60.0 Å². The molecule has 6 heteroatoms. The molecule has 2 aromatic heterocycles. The molecule has 1 unspecified atom stereocenters. The summed E-state index contributed by atoms with van der Waals surface area (Å²) in [4.78, 5) is 22.9. The molecule has 3 aromatic rings. The first kappa shape index (κ1) is 18.5. The number of rotatable bonds is 5. The summed E-state index contributed by atoms with van der Waals surface area (Å²) < 4.78 is 14.2. The fourth-order valence-electron chi connectivity index (χ4n) is 3.11. The lowest BCUT2D eigenvalue weighted by atomic mass is 10.0. The van der Waals surface area contributed by atoms with Gasteiger partial charge in [0.25, 0.3) is 5.91 Å². The summed E-state index contributed by atoms with van der Waals surface area (Å²) >= 11 is 0. The van der Waals surface area contributed by atoms with Crippen molar-refractivity contribution < 1.29 is 9.18 Å². The van der Waals surface area contributed by atoms with Crippen LogP contribution in [0.5, 0.6) is 0 Å². The molecule has 1 amide bonds. The molecule has 1 aromatic carbocycles. The Hall–Kier alpha value is -3.28. The maximum Gasteiger partial charge on any atom is 0.254 e. The van der Waals surface area contributed by atoms with Crippen molar-refractivity contribution in [1.82, 2.24) is 14.9 Å². The number of carbonyl (C=O) groups is 1. The number of aromatic nitrogens is 2. The van der Waals surface area contributed by atoms with E-state index < -0.39 is 5.82 Å². The quantitative estimate of drug-likeness (QED) is 0.740. The van der Waals surface area contributed by atoms with Gasteiger partial charge in [0, 0.05) is 25.0 Å². The van der Waals surface area contributed by atoms with E-state index in [9.17, 15) is 9.18 Å². The predicted molar refractivity (Wildman–Crippen MR) is 103 cm³/mol. The molecule has 3 rings (SSSR count). The Morgan fingerprint density at radius 2 is 1.93 bits per heavy atom. The van der Waals surface area contributed by atoms with Crippen LogP contribution in [0.3, 0.4) is 0 Å². The van der Waals surface area contributed by atoms with E-state index in [1.165, 1.54) is 12.1 Å². The summed E-state index contributed by atoms with van der Waals surface area (Å²) in [6.07, 6.45) is 3.95. The van der Waals surface area contributed by atoms with Gasteiger partial charge < -0.3 is 10.6 Å². The number of carbonyl (C=O) groups excluding carboxylic acids is 1. The molecule has 2 N–H and O–H groups in total. The highest BCUT2D eigenvalue weighted by Crippen LogP contribution is 2.26. The number of halogens is 1. The van der Waals surface area contributed by atoms with Crippen molar-refractivity contribution in [2.45, 2.75) is 19.4 Å². The zero-order chi connectivity index (χ0) is 19.4. The number of amides is 1. The minimum absolute atomic E-state index is 0.193. The van der Waals surface area contributed by atoms with E-state index in [1.807, 2.05) is 25.1 Å². The molecule has 0 saturated heterocycles. The summed E-state index contributed by atoms with van der Waals surface area (Å²) in [5.74, 6) is -0.413. The molecule has 0 radical (unpaired) electrons. The third-order valence-electron chi connectivity index (χ3n) is 4.46. The summed E-state index contributed by atoms with van der Waals surface area (Å²) in [5.41, 5.74) is 8.07. The second kappa shape index (κ2) is 7.95. The molecule has 0 aliphatic carbocycles. The van der Waals surface area contributed by atoms with Crippen molar-refractivity contribution in [3.8, 4) is 11.1 Å². The first-order valence-corrected chi connectivity index (χ1v) is 8.70. The van der Waals surface area contributed by atoms with Crippen LogP contribution < -0.4 is 5.73 Å². The number of benzene rings is 1. The van der Waals surface area contributed by atoms with Crippen LogP contribution in [0.25, 0.3) is 11.1 Å². The third kappa shape index (κ3) is 4.11. The van der Waals surface area contributed by atoms with Gasteiger partial charge in [-0.1, -0.05) is 13.0 Å². The number of hydrogen-bond acceptors (Lipinski definition) is 4. The predicted octanol–water partition coefficient (Wildman–Crippen LogP) is 4.09. The van der Waals surface area contributed by atoms with Crippen molar-refractivity contribution in [2.24, 2.45) is 0 Å². The Morgan fingerprint density at radius 3 is 2.59 bits per heavy atom. The van der Waals surface area contributed by atoms with Crippen LogP contribution in [0.4, 0.5) is 10.2 Å². The number of nitrogens with two attached hydrogens (primary N) is 1. The van der Waals surface area contributed by atoms with Crippen LogP contribution in [0.1, 0.15) is 35.4 Å². The highest BCUT2D eigenvalue weighted by Gasteiger charge is 2.23. The van der Waals surface area contributed by atoms with Gasteiger partial charge in [0.2, 0.25) is 0 Å². The van der Waals surface area contributed by atoms with Gasteiger partial charge in [-0.2, -0.15) is 0 Å². The van der Waals surface area contributed by atoms with Gasteiger partial charge >= 0.3 is 0 Å². The highest BCUT2D eigenvalue weighted by molar-refractivity contribution is 5.95. The van der Waals surface area contributed by atoms with Crippen LogP contribution in [0.2, 0.25) is 0 Å². The standard InChI is InChI=1S/C21H21FN4O/c1-3-19(18-6-4-5-8-24-18)26(2)21(27)16-10-15(11-17(22)12-16)14-7-9-25-20(23)13-14/h4-13,19H,3H2,1-2H3,(H2,23,25). The number of hydrogen-bond donors (Lipinski definition) is 1. The molecule has 138 valence electrons. The molecule has 0 aliphatic rings. The summed E-state index contributed by atoms with van der Waals surface area (Å²) in [6.45, 7) is 1.99. The molecule has 0 saturated carbocycles. The molecular formula is C21H21FN4O. The van der Waals surface area contributed by atoms with E-state index in [1.54, 1.807) is 42.5 Å². The largest absolute Gasteiger partial charge is 0.384 e. The molecule has 0 bridgehead atoms. The van der Waals surface area contributed by atoms with Crippen molar-refractivity contribution in [2.75, 3.05) is 12.8 Å². The van der Waals surface area contributed by atoms with Crippen LogP contribution in [0.15, 0.2) is 60.9 Å². The van der Waals surface area contributed by atoms with Crippen molar-refractivity contribution in [1.29, 1.82) is 0 Å². The lowest BCUT2D eigenvalue weighted by molar-refractivity contribution is 0.0722. The molecule has 0 aliphatic heterocycles. The maximum atomic E-state index is 14.2. The average Bonchev–Trinajstić information content (AvgIpc) is 2.68. The number of nitrogen functional groups attached to an aromatic ring is 1. The minimum atomic E-state index is -0.481. The van der Waals surface area contributed by atoms with Crippen LogP contribution in [0, 0.1) is 5.82 Å². The van der Waals surface area contributed by atoms with Crippen LogP contribution in [-0.4, -0.2) is 27.8 Å².